The van der Waals surface area contributed by atoms with E-state index >= 15 is 0 Å². The first-order valence-electron chi connectivity index (χ1n) is 6.51. The summed E-state index contributed by atoms with van der Waals surface area (Å²) in [6.07, 6.45) is -0.479. The topological polar surface area (TPSA) is 56.8 Å². The zero-order chi connectivity index (χ0) is 14.6. The lowest BCUT2D eigenvalue weighted by Gasteiger charge is -2.25. The first kappa shape index (κ1) is 15.4. The average Bonchev–Trinajstić information content (AvgIpc) is 2.83. The molecule has 1 aromatic rings. The van der Waals surface area contributed by atoms with E-state index in [1.54, 1.807) is 13.8 Å². The van der Waals surface area contributed by atoms with Crippen molar-refractivity contribution in [3.8, 4) is 0 Å². The first-order valence-corrected chi connectivity index (χ1v) is 8.53. The van der Waals surface area contributed by atoms with Crippen molar-refractivity contribution in [3.63, 3.8) is 0 Å². The van der Waals surface area contributed by atoms with E-state index in [1.807, 2.05) is 30.3 Å². The number of rotatable bonds is 6. The maximum atomic E-state index is 12.9. The lowest BCUT2D eigenvalue weighted by molar-refractivity contribution is 0.177. The molecule has 0 aromatic heterocycles. The molecule has 1 N–H and O–H groups in total. The molecule has 1 aliphatic heterocycles. The van der Waals surface area contributed by atoms with Crippen LogP contribution < -0.4 is 5.32 Å². The van der Waals surface area contributed by atoms with Gasteiger partial charge in [0.25, 0.3) is 5.17 Å². The number of hydrogen-bond acceptors (Lipinski definition) is 5. The number of ether oxygens (including phenoxy) is 1. The van der Waals surface area contributed by atoms with E-state index in [1.165, 1.54) is 0 Å². The fraction of sp³-hybridized carbons (Fsp3) is 0.462. The van der Waals surface area contributed by atoms with E-state index in [0.29, 0.717) is 13.2 Å². The molecule has 1 aromatic carbocycles. The van der Waals surface area contributed by atoms with Gasteiger partial charge in [-0.15, -0.1) is 0 Å². The molecule has 0 bridgehead atoms. The van der Waals surface area contributed by atoms with Crippen LogP contribution >= 0.6 is 19.8 Å². The highest BCUT2D eigenvalue weighted by atomic mass is 32.1. The molecule has 7 heteroatoms. The molecule has 1 fully saturated rings. The molecule has 0 spiro atoms. The van der Waals surface area contributed by atoms with Crippen LogP contribution in [0.5, 0.6) is 0 Å². The molecule has 0 saturated carbocycles. The molecule has 1 saturated heterocycles. The summed E-state index contributed by atoms with van der Waals surface area (Å²) >= 11 is 5.04. The molecule has 110 valence electrons. The lowest BCUT2D eigenvalue weighted by atomic mass is 10.1. The quantitative estimate of drug-likeness (QED) is 0.642. The third kappa shape index (κ3) is 3.20. The Labute approximate surface area is 124 Å². The monoisotopic (exact) mass is 315 g/mol. The molecule has 0 radical (unpaired) electrons. The fourth-order valence-corrected chi connectivity index (χ4v) is 4.38. The van der Waals surface area contributed by atoms with E-state index in [4.69, 9.17) is 26.0 Å². The van der Waals surface area contributed by atoms with Crippen LogP contribution in [0, 0.1) is 0 Å². The largest absolute Gasteiger partial charge is 0.460 e. The number of thiocarbonyl (C=S) groups is 1. The minimum absolute atomic E-state index is 0.212. The zero-order valence-electron chi connectivity index (χ0n) is 11.4. The van der Waals surface area contributed by atoms with Crippen LogP contribution in [0.25, 0.3) is 0 Å². The Morgan fingerprint density at radius 1 is 1.25 bits per heavy atom. The fourth-order valence-electron chi connectivity index (χ4n) is 2.11. The van der Waals surface area contributed by atoms with Gasteiger partial charge in [-0.2, -0.15) is 0 Å². The van der Waals surface area contributed by atoms with Crippen molar-refractivity contribution in [2.45, 2.75) is 25.7 Å². The van der Waals surface area contributed by atoms with Crippen LogP contribution in [0.15, 0.2) is 30.3 Å². The van der Waals surface area contributed by atoms with Gasteiger partial charge in [0.15, 0.2) is 11.9 Å². The summed E-state index contributed by atoms with van der Waals surface area (Å²) < 4.78 is 29.3. The Kier molecular flexibility index (Phi) is 5.16. The molecular weight excluding hydrogens is 297 g/mol. The van der Waals surface area contributed by atoms with Crippen molar-refractivity contribution in [2.24, 2.45) is 0 Å². The van der Waals surface area contributed by atoms with Gasteiger partial charge in [0.05, 0.1) is 13.2 Å². The summed E-state index contributed by atoms with van der Waals surface area (Å²) in [7, 11) is -3.35. The van der Waals surface area contributed by atoms with Crippen molar-refractivity contribution >= 4 is 25.0 Å². The van der Waals surface area contributed by atoms with E-state index in [-0.39, 0.29) is 5.17 Å². The molecule has 20 heavy (non-hydrogen) atoms. The number of hydrogen-bond donors (Lipinski definition) is 1. The van der Waals surface area contributed by atoms with Crippen LogP contribution in [0.4, 0.5) is 0 Å². The predicted octanol–water partition coefficient (Wildman–Crippen LogP) is 3.22. The Morgan fingerprint density at radius 2 is 1.85 bits per heavy atom. The molecule has 0 amide bonds. The third-order valence-corrected chi connectivity index (χ3v) is 5.40. The van der Waals surface area contributed by atoms with Gasteiger partial charge in [-0.3, -0.25) is 4.57 Å². The molecule has 0 unspecified atom stereocenters. The molecule has 5 nitrogen and oxygen atoms in total. The van der Waals surface area contributed by atoms with Gasteiger partial charge >= 0.3 is 7.60 Å². The highest BCUT2D eigenvalue weighted by Crippen LogP contribution is 2.57. The van der Waals surface area contributed by atoms with Gasteiger partial charge < -0.3 is 19.1 Å². The number of nitrogens with one attached hydrogen (secondary N) is 1. The van der Waals surface area contributed by atoms with Crippen LogP contribution in [-0.4, -0.2) is 24.2 Å². The van der Waals surface area contributed by atoms with Crippen molar-refractivity contribution in [1.82, 2.24) is 5.32 Å². The molecule has 1 heterocycles. The smallest absolute Gasteiger partial charge is 0.357 e. The molecule has 2 rings (SSSR count). The first-order chi connectivity index (χ1) is 9.60. The van der Waals surface area contributed by atoms with Gasteiger partial charge in [-0.25, -0.2) is 0 Å². The van der Waals surface area contributed by atoms with E-state index in [2.05, 4.69) is 5.32 Å². The summed E-state index contributed by atoms with van der Waals surface area (Å²) in [4.78, 5) is 0. The summed E-state index contributed by atoms with van der Waals surface area (Å²) in [6, 6.07) is 9.49. The van der Waals surface area contributed by atoms with Crippen molar-refractivity contribution < 1.29 is 18.3 Å². The molecular formula is C13H18NO4PS. The van der Waals surface area contributed by atoms with E-state index in [0.717, 1.165) is 5.56 Å². The van der Waals surface area contributed by atoms with Crippen LogP contribution in [-0.2, 0) is 18.3 Å². The second-order valence-electron chi connectivity index (χ2n) is 4.20. The van der Waals surface area contributed by atoms with Crippen molar-refractivity contribution in [2.75, 3.05) is 13.2 Å². The van der Waals surface area contributed by atoms with Gasteiger partial charge in [0, 0.05) is 0 Å². The Bertz CT molecular complexity index is 500. The minimum atomic E-state index is -3.35. The Hall–Kier alpha value is -0.940. The highest BCUT2D eigenvalue weighted by molar-refractivity contribution is 7.80. The lowest BCUT2D eigenvalue weighted by Crippen LogP contribution is -2.29. The summed E-state index contributed by atoms with van der Waals surface area (Å²) in [5.41, 5.74) is 0.879. The van der Waals surface area contributed by atoms with Gasteiger partial charge in [0.2, 0.25) is 0 Å². The van der Waals surface area contributed by atoms with Crippen LogP contribution in [0.3, 0.4) is 0 Å². The minimum Gasteiger partial charge on any atom is -0.460 e. The normalized spacial score (nSPS) is 22.4. The molecule has 2 atom stereocenters. The second-order valence-corrected chi connectivity index (χ2v) is 6.72. The van der Waals surface area contributed by atoms with Gasteiger partial charge in [0.1, 0.15) is 0 Å². The highest BCUT2D eigenvalue weighted by Gasteiger charge is 2.48. The van der Waals surface area contributed by atoms with Crippen LogP contribution in [0.2, 0.25) is 0 Å². The van der Waals surface area contributed by atoms with Crippen LogP contribution in [0.1, 0.15) is 25.5 Å². The molecule has 0 aliphatic carbocycles. The Balaban J connectivity index is 2.32. The van der Waals surface area contributed by atoms with Gasteiger partial charge in [-0.05, 0) is 31.6 Å². The van der Waals surface area contributed by atoms with E-state index in [9.17, 15) is 4.57 Å². The zero-order valence-corrected chi connectivity index (χ0v) is 13.2. The van der Waals surface area contributed by atoms with Gasteiger partial charge in [-0.1, -0.05) is 30.3 Å². The Morgan fingerprint density at radius 3 is 2.40 bits per heavy atom. The SMILES string of the molecule is CCOP(=O)(OCC)[C@H]1NC(=S)O[C@@H]1c1ccccc1. The maximum absolute atomic E-state index is 12.9. The maximum Gasteiger partial charge on any atom is 0.357 e. The summed E-state index contributed by atoms with van der Waals surface area (Å²) in [5.74, 6) is -0.628. The summed E-state index contributed by atoms with van der Waals surface area (Å²) in [5, 5.41) is 3.12. The summed E-state index contributed by atoms with van der Waals surface area (Å²) in [6.45, 7) is 4.14. The number of benzene rings is 1. The molecule has 1 aliphatic rings. The standard InChI is InChI=1S/C13H18NO4PS/c1-3-16-19(15,17-4-2)12-11(18-13(20)14-12)10-8-6-5-7-9-10/h5-9,11-12H,3-4H2,1-2H3,(H,14,20)/t11-,12-/m1/s1. The van der Waals surface area contributed by atoms with Crippen molar-refractivity contribution in [3.05, 3.63) is 35.9 Å². The second kappa shape index (κ2) is 6.68. The average molecular weight is 315 g/mol. The third-order valence-electron chi connectivity index (χ3n) is 2.87. The predicted molar refractivity (Wildman–Crippen MR) is 80.6 cm³/mol. The van der Waals surface area contributed by atoms with E-state index < -0.39 is 19.5 Å². The van der Waals surface area contributed by atoms with Crippen molar-refractivity contribution in [1.29, 1.82) is 0 Å².